The van der Waals surface area contributed by atoms with Crippen LogP contribution in [0.15, 0.2) is 9.95 Å². The summed E-state index contributed by atoms with van der Waals surface area (Å²) in [6.07, 6.45) is 2.46. The van der Waals surface area contributed by atoms with Gasteiger partial charge in [0.2, 0.25) is 5.88 Å². The van der Waals surface area contributed by atoms with Crippen molar-refractivity contribution < 1.29 is 5.11 Å². The first kappa shape index (κ1) is 14.1. The third-order valence-electron chi connectivity index (χ3n) is 2.31. The summed E-state index contributed by atoms with van der Waals surface area (Å²) in [5.74, 6) is 1.28. The van der Waals surface area contributed by atoms with Gasteiger partial charge < -0.3 is 10.1 Å². The van der Waals surface area contributed by atoms with Crippen LogP contribution in [0.25, 0.3) is 0 Å². The van der Waals surface area contributed by atoms with Crippen LogP contribution in [0.4, 0.5) is 0 Å². The van der Waals surface area contributed by atoms with Gasteiger partial charge in [0.25, 0.3) is 5.56 Å². The van der Waals surface area contributed by atoms with Crippen molar-refractivity contribution in [3.8, 4) is 5.88 Å². The van der Waals surface area contributed by atoms with E-state index in [0.29, 0.717) is 23.1 Å². The minimum Gasteiger partial charge on any atom is -0.493 e. The predicted molar refractivity (Wildman–Crippen MR) is 70.7 cm³/mol. The summed E-state index contributed by atoms with van der Waals surface area (Å²) in [7, 11) is 0. The molecule has 4 nitrogen and oxygen atoms in total. The zero-order chi connectivity index (χ0) is 12.8. The second-order valence-corrected chi connectivity index (χ2v) is 5.49. The van der Waals surface area contributed by atoms with Crippen molar-refractivity contribution >= 4 is 11.8 Å². The standard InChI is InChI=1S/C12H20N2O2S/c1-4-5-6-9-10(15)13-12(14-11(9)16)17-7-8(2)3/h8H,4-7H2,1-3H3,(H2,13,14,15,16). The Kier molecular flexibility index (Phi) is 5.55. The van der Waals surface area contributed by atoms with Crippen LogP contribution in [0, 0.1) is 5.92 Å². The summed E-state index contributed by atoms with van der Waals surface area (Å²) in [4.78, 5) is 18.5. The Morgan fingerprint density at radius 1 is 1.47 bits per heavy atom. The molecular formula is C12H20N2O2S. The van der Waals surface area contributed by atoms with E-state index in [1.807, 2.05) is 6.92 Å². The van der Waals surface area contributed by atoms with Crippen molar-refractivity contribution in [1.82, 2.24) is 9.97 Å². The zero-order valence-corrected chi connectivity index (χ0v) is 11.4. The normalized spacial score (nSPS) is 11.1. The summed E-state index contributed by atoms with van der Waals surface area (Å²) in [6.45, 7) is 6.24. The number of aromatic nitrogens is 2. The number of nitrogens with zero attached hydrogens (tertiary/aromatic N) is 1. The lowest BCUT2D eigenvalue weighted by Gasteiger charge is -2.06. The van der Waals surface area contributed by atoms with E-state index < -0.39 is 0 Å². The average molecular weight is 256 g/mol. The van der Waals surface area contributed by atoms with Crippen LogP contribution in [0.2, 0.25) is 0 Å². The Bertz CT molecular complexity index is 415. The molecule has 0 unspecified atom stereocenters. The van der Waals surface area contributed by atoms with Gasteiger partial charge in [0, 0.05) is 5.75 Å². The molecule has 0 aliphatic rings. The molecule has 0 spiro atoms. The van der Waals surface area contributed by atoms with E-state index in [0.717, 1.165) is 18.6 Å². The Morgan fingerprint density at radius 2 is 2.18 bits per heavy atom. The van der Waals surface area contributed by atoms with Gasteiger partial charge in [-0.3, -0.25) is 4.79 Å². The highest BCUT2D eigenvalue weighted by Crippen LogP contribution is 2.19. The molecule has 0 saturated carbocycles. The van der Waals surface area contributed by atoms with Crippen molar-refractivity contribution in [2.45, 2.75) is 45.2 Å². The molecule has 0 aromatic carbocycles. The number of aromatic amines is 1. The van der Waals surface area contributed by atoms with Gasteiger partial charge in [0.15, 0.2) is 5.16 Å². The van der Waals surface area contributed by atoms with Gasteiger partial charge in [0.05, 0.1) is 5.56 Å². The molecule has 0 saturated heterocycles. The molecule has 0 amide bonds. The molecule has 1 aromatic heterocycles. The van der Waals surface area contributed by atoms with Gasteiger partial charge in [0.1, 0.15) is 0 Å². The topological polar surface area (TPSA) is 66.0 Å². The fourth-order valence-corrected chi connectivity index (χ4v) is 2.17. The third-order valence-corrected chi connectivity index (χ3v) is 3.61. The molecule has 17 heavy (non-hydrogen) atoms. The predicted octanol–water partition coefficient (Wildman–Crippen LogP) is 2.57. The Labute approximate surface area is 106 Å². The minimum absolute atomic E-state index is 0.117. The van der Waals surface area contributed by atoms with Crippen LogP contribution >= 0.6 is 11.8 Å². The van der Waals surface area contributed by atoms with Crippen molar-refractivity contribution in [3.63, 3.8) is 0 Å². The summed E-state index contributed by atoms with van der Waals surface area (Å²) in [6, 6.07) is 0. The molecule has 0 atom stereocenters. The fraction of sp³-hybridized carbons (Fsp3) is 0.667. The van der Waals surface area contributed by atoms with Gasteiger partial charge in [-0.05, 0) is 18.8 Å². The number of H-pyrrole nitrogens is 1. The molecule has 1 rings (SSSR count). The molecule has 96 valence electrons. The average Bonchev–Trinajstić information content (AvgIpc) is 2.25. The maximum Gasteiger partial charge on any atom is 0.258 e. The highest BCUT2D eigenvalue weighted by Gasteiger charge is 2.10. The molecule has 0 aliphatic heterocycles. The number of hydrogen-bond donors (Lipinski definition) is 2. The van der Waals surface area contributed by atoms with Crippen LogP contribution in [0.1, 0.15) is 39.2 Å². The molecule has 2 N–H and O–H groups in total. The first-order chi connectivity index (χ1) is 8.04. The van der Waals surface area contributed by atoms with E-state index in [2.05, 4.69) is 23.8 Å². The van der Waals surface area contributed by atoms with Crippen LogP contribution < -0.4 is 5.56 Å². The highest BCUT2D eigenvalue weighted by molar-refractivity contribution is 7.99. The highest BCUT2D eigenvalue weighted by atomic mass is 32.2. The smallest absolute Gasteiger partial charge is 0.258 e. The zero-order valence-electron chi connectivity index (χ0n) is 10.6. The molecule has 0 fully saturated rings. The summed E-state index contributed by atoms with van der Waals surface area (Å²) >= 11 is 1.46. The maximum absolute atomic E-state index is 11.7. The molecule has 0 radical (unpaired) electrons. The van der Waals surface area contributed by atoms with Crippen molar-refractivity contribution in [2.75, 3.05) is 5.75 Å². The summed E-state index contributed by atoms with van der Waals surface area (Å²) in [5, 5.41) is 10.2. The van der Waals surface area contributed by atoms with E-state index in [4.69, 9.17) is 0 Å². The molecule has 1 aromatic rings. The molecule has 0 bridgehead atoms. The number of unbranched alkanes of at least 4 members (excludes halogenated alkanes) is 1. The second-order valence-electron chi connectivity index (χ2n) is 4.48. The van der Waals surface area contributed by atoms with E-state index in [1.54, 1.807) is 0 Å². The van der Waals surface area contributed by atoms with Crippen molar-refractivity contribution in [1.29, 1.82) is 0 Å². The van der Waals surface area contributed by atoms with E-state index in [1.165, 1.54) is 11.8 Å². The number of rotatable bonds is 6. The lowest BCUT2D eigenvalue weighted by molar-refractivity contribution is 0.434. The lowest BCUT2D eigenvalue weighted by atomic mass is 10.1. The van der Waals surface area contributed by atoms with Gasteiger partial charge >= 0.3 is 0 Å². The Morgan fingerprint density at radius 3 is 2.71 bits per heavy atom. The van der Waals surface area contributed by atoms with Crippen LogP contribution in [0.3, 0.4) is 0 Å². The summed E-state index contributed by atoms with van der Waals surface area (Å²) in [5.41, 5.74) is 0.193. The van der Waals surface area contributed by atoms with E-state index in [9.17, 15) is 9.90 Å². The van der Waals surface area contributed by atoms with Gasteiger partial charge in [-0.25, -0.2) is 0 Å². The number of hydrogen-bond acceptors (Lipinski definition) is 4. The molecule has 5 heteroatoms. The number of nitrogens with one attached hydrogen (secondary N) is 1. The maximum atomic E-state index is 11.7. The van der Waals surface area contributed by atoms with E-state index >= 15 is 0 Å². The van der Waals surface area contributed by atoms with E-state index in [-0.39, 0.29) is 11.4 Å². The minimum atomic E-state index is -0.211. The first-order valence-corrected chi connectivity index (χ1v) is 6.98. The van der Waals surface area contributed by atoms with Crippen LogP contribution in [-0.2, 0) is 6.42 Å². The van der Waals surface area contributed by atoms with Gasteiger partial charge in [-0.15, -0.1) is 0 Å². The van der Waals surface area contributed by atoms with Crippen molar-refractivity contribution in [3.05, 3.63) is 15.9 Å². The Balaban J connectivity index is 2.82. The van der Waals surface area contributed by atoms with Gasteiger partial charge in [-0.2, -0.15) is 4.98 Å². The molecule has 1 heterocycles. The van der Waals surface area contributed by atoms with Crippen LogP contribution in [-0.4, -0.2) is 20.8 Å². The SMILES string of the molecule is CCCCc1c(O)nc(SCC(C)C)[nH]c1=O. The van der Waals surface area contributed by atoms with Crippen LogP contribution in [0.5, 0.6) is 5.88 Å². The Hall–Kier alpha value is -0.970. The fourth-order valence-electron chi connectivity index (χ4n) is 1.36. The van der Waals surface area contributed by atoms with Crippen molar-refractivity contribution in [2.24, 2.45) is 5.92 Å². The quantitative estimate of drug-likeness (QED) is 0.606. The molecular weight excluding hydrogens is 236 g/mol. The van der Waals surface area contributed by atoms with Gasteiger partial charge in [-0.1, -0.05) is 39.0 Å². The molecule has 0 aliphatic carbocycles. The monoisotopic (exact) mass is 256 g/mol. The summed E-state index contributed by atoms with van der Waals surface area (Å²) < 4.78 is 0. The second kappa shape index (κ2) is 6.69. The first-order valence-electron chi connectivity index (χ1n) is 5.99. The number of thioether (sulfide) groups is 1. The third kappa shape index (κ3) is 4.42. The largest absolute Gasteiger partial charge is 0.493 e. The lowest BCUT2D eigenvalue weighted by Crippen LogP contribution is -2.15. The number of aromatic hydroxyl groups is 1.